The zero-order valence-electron chi connectivity index (χ0n) is 14.5. The molecule has 0 N–H and O–H groups in total. The molecule has 2 aromatic heterocycles. The molecule has 2 atom stereocenters. The molecule has 2 aromatic rings. The predicted molar refractivity (Wildman–Crippen MR) is 90.8 cm³/mol. The molecule has 130 valence electrons. The van der Waals surface area contributed by atoms with E-state index in [1.54, 1.807) is 22.3 Å². The summed E-state index contributed by atoms with van der Waals surface area (Å²) in [4.78, 5) is 23.2. The van der Waals surface area contributed by atoms with Gasteiger partial charge in [-0.3, -0.25) is 4.79 Å². The Balaban J connectivity index is 1.70. The topological polar surface area (TPSA) is 73.1 Å². The van der Waals surface area contributed by atoms with Gasteiger partial charge in [-0.15, -0.1) is 11.3 Å². The van der Waals surface area contributed by atoms with Crippen LogP contribution in [-0.2, 0) is 14.9 Å². The van der Waals surface area contributed by atoms with Crippen molar-refractivity contribution >= 4 is 17.2 Å². The fourth-order valence-electron chi connectivity index (χ4n) is 2.57. The van der Waals surface area contributed by atoms with Gasteiger partial charge in [-0.05, 0) is 6.92 Å². The lowest BCUT2D eigenvalue weighted by atomic mass is 9.93. The number of carbonyl (C=O) groups excluding carboxylic acids is 1. The Morgan fingerprint density at radius 1 is 1.46 bits per heavy atom. The molecule has 3 heterocycles. The maximum Gasteiger partial charge on any atom is 0.247 e. The van der Waals surface area contributed by atoms with Crippen molar-refractivity contribution < 1.29 is 9.53 Å². The molecule has 1 saturated heterocycles. The molecule has 0 saturated carbocycles. The van der Waals surface area contributed by atoms with E-state index < -0.39 is 0 Å². The molecule has 1 aliphatic rings. The SMILES string of the molecule is C[C@H](C(=O)N1CCO[C@H](c2nc(C(C)(C)C)cs2)C1)n1cncn1. The lowest BCUT2D eigenvalue weighted by molar-refractivity contribution is -0.142. The first-order valence-corrected chi connectivity index (χ1v) is 8.94. The van der Waals surface area contributed by atoms with Gasteiger partial charge in [-0.1, -0.05) is 20.8 Å². The van der Waals surface area contributed by atoms with Gasteiger partial charge < -0.3 is 9.64 Å². The molecule has 0 unspecified atom stereocenters. The Hall–Kier alpha value is -1.80. The second-order valence-electron chi connectivity index (χ2n) is 7.02. The van der Waals surface area contributed by atoms with Crippen LogP contribution in [0, 0.1) is 0 Å². The second kappa shape index (κ2) is 6.60. The zero-order chi connectivity index (χ0) is 17.3. The number of thiazole rings is 1. The van der Waals surface area contributed by atoms with Gasteiger partial charge in [0.05, 0.1) is 18.8 Å². The Labute approximate surface area is 145 Å². The van der Waals surface area contributed by atoms with E-state index in [9.17, 15) is 4.79 Å². The zero-order valence-corrected chi connectivity index (χ0v) is 15.3. The van der Waals surface area contributed by atoms with E-state index in [4.69, 9.17) is 9.72 Å². The molecule has 0 aliphatic carbocycles. The molecule has 1 fully saturated rings. The van der Waals surface area contributed by atoms with Crippen molar-refractivity contribution in [3.05, 3.63) is 28.7 Å². The van der Waals surface area contributed by atoms with E-state index >= 15 is 0 Å². The van der Waals surface area contributed by atoms with Gasteiger partial charge in [0.1, 0.15) is 29.8 Å². The van der Waals surface area contributed by atoms with Crippen molar-refractivity contribution in [2.75, 3.05) is 19.7 Å². The van der Waals surface area contributed by atoms with Crippen LogP contribution < -0.4 is 0 Å². The van der Waals surface area contributed by atoms with Crippen LogP contribution >= 0.6 is 11.3 Å². The summed E-state index contributed by atoms with van der Waals surface area (Å²) in [6.07, 6.45) is 2.85. The molecule has 0 radical (unpaired) electrons. The van der Waals surface area contributed by atoms with Crippen molar-refractivity contribution in [2.24, 2.45) is 0 Å². The van der Waals surface area contributed by atoms with Crippen LogP contribution in [0.3, 0.4) is 0 Å². The van der Waals surface area contributed by atoms with E-state index in [1.165, 1.54) is 6.33 Å². The lowest BCUT2D eigenvalue weighted by Crippen LogP contribution is -2.45. The number of aromatic nitrogens is 4. The summed E-state index contributed by atoms with van der Waals surface area (Å²) in [5.74, 6) is 0.0291. The van der Waals surface area contributed by atoms with Crippen LogP contribution in [-0.4, -0.2) is 50.3 Å². The smallest absolute Gasteiger partial charge is 0.247 e. The Kier molecular flexibility index (Phi) is 4.69. The predicted octanol–water partition coefficient (Wildman–Crippen LogP) is 2.19. The average molecular weight is 349 g/mol. The third-order valence-corrected chi connectivity index (χ3v) is 5.07. The van der Waals surface area contributed by atoms with Crippen molar-refractivity contribution in [3.8, 4) is 0 Å². The first-order chi connectivity index (χ1) is 11.4. The Morgan fingerprint density at radius 3 is 2.88 bits per heavy atom. The fourth-order valence-corrected chi connectivity index (χ4v) is 3.66. The number of morpholine rings is 1. The van der Waals surface area contributed by atoms with Crippen LogP contribution in [0.25, 0.3) is 0 Å². The molecule has 1 aliphatic heterocycles. The highest BCUT2D eigenvalue weighted by Gasteiger charge is 2.31. The van der Waals surface area contributed by atoms with Crippen molar-refractivity contribution in [2.45, 2.75) is 45.3 Å². The van der Waals surface area contributed by atoms with Crippen LogP contribution in [0.1, 0.15) is 50.5 Å². The number of carbonyl (C=O) groups is 1. The molecule has 3 rings (SSSR count). The maximum absolute atomic E-state index is 12.7. The quantitative estimate of drug-likeness (QED) is 0.849. The van der Waals surface area contributed by atoms with E-state index in [1.807, 2.05) is 11.8 Å². The molecular formula is C16H23N5O2S. The van der Waals surface area contributed by atoms with Gasteiger partial charge in [0, 0.05) is 17.3 Å². The van der Waals surface area contributed by atoms with Gasteiger partial charge >= 0.3 is 0 Å². The Bertz CT molecular complexity index is 692. The average Bonchev–Trinajstić information content (AvgIpc) is 3.24. The summed E-state index contributed by atoms with van der Waals surface area (Å²) in [6.45, 7) is 9.89. The Morgan fingerprint density at radius 2 is 2.25 bits per heavy atom. The summed E-state index contributed by atoms with van der Waals surface area (Å²) in [6, 6.07) is -0.368. The van der Waals surface area contributed by atoms with Crippen LogP contribution in [0.5, 0.6) is 0 Å². The molecule has 24 heavy (non-hydrogen) atoms. The second-order valence-corrected chi connectivity index (χ2v) is 7.91. The number of hydrogen-bond acceptors (Lipinski definition) is 6. The minimum atomic E-state index is -0.368. The molecule has 7 nitrogen and oxygen atoms in total. The lowest BCUT2D eigenvalue weighted by Gasteiger charge is -2.33. The minimum Gasteiger partial charge on any atom is -0.367 e. The third-order valence-electron chi connectivity index (χ3n) is 4.13. The van der Waals surface area contributed by atoms with Gasteiger partial charge in [0.25, 0.3) is 0 Å². The van der Waals surface area contributed by atoms with Crippen molar-refractivity contribution in [3.63, 3.8) is 0 Å². The summed E-state index contributed by atoms with van der Waals surface area (Å²) in [5.41, 5.74) is 1.08. The van der Waals surface area contributed by atoms with E-state index in [0.29, 0.717) is 19.7 Å². The molecular weight excluding hydrogens is 326 g/mol. The van der Waals surface area contributed by atoms with Gasteiger partial charge in [-0.25, -0.2) is 14.6 Å². The molecule has 1 amide bonds. The third kappa shape index (κ3) is 3.49. The summed E-state index contributed by atoms with van der Waals surface area (Å²) < 4.78 is 7.44. The first-order valence-electron chi connectivity index (χ1n) is 8.06. The maximum atomic E-state index is 12.7. The molecule has 0 bridgehead atoms. The highest BCUT2D eigenvalue weighted by atomic mass is 32.1. The summed E-state index contributed by atoms with van der Waals surface area (Å²) >= 11 is 1.60. The number of rotatable bonds is 3. The summed E-state index contributed by atoms with van der Waals surface area (Å²) in [7, 11) is 0. The highest BCUT2D eigenvalue weighted by Crippen LogP contribution is 2.30. The molecule has 8 heteroatoms. The van der Waals surface area contributed by atoms with Crippen molar-refractivity contribution in [1.29, 1.82) is 0 Å². The van der Waals surface area contributed by atoms with Gasteiger partial charge in [0.2, 0.25) is 5.91 Å². The minimum absolute atomic E-state index is 0.0144. The first kappa shape index (κ1) is 17.0. The van der Waals surface area contributed by atoms with Crippen LogP contribution in [0.15, 0.2) is 18.0 Å². The number of amides is 1. The van der Waals surface area contributed by atoms with Crippen LogP contribution in [0.4, 0.5) is 0 Å². The highest BCUT2D eigenvalue weighted by molar-refractivity contribution is 7.09. The fraction of sp³-hybridized carbons (Fsp3) is 0.625. The van der Waals surface area contributed by atoms with Gasteiger partial charge in [-0.2, -0.15) is 5.10 Å². The normalized spacial score (nSPS) is 20.2. The van der Waals surface area contributed by atoms with E-state index in [-0.39, 0.29) is 23.5 Å². The summed E-state index contributed by atoms with van der Waals surface area (Å²) in [5, 5.41) is 7.07. The number of ether oxygens (including phenoxy) is 1. The number of hydrogen-bond donors (Lipinski definition) is 0. The van der Waals surface area contributed by atoms with Crippen LogP contribution in [0.2, 0.25) is 0 Å². The molecule has 0 spiro atoms. The van der Waals surface area contributed by atoms with E-state index in [2.05, 4.69) is 36.2 Å². The largest absolute Gasteiger partial charge is 0.367 e. The van der Waals surface area contributed by atoms with Crippen molar-refractivity contribution in [1.82, 2.24) is 24.6 Å². The monoisotopic (exact) mass is 349 g/mol. The standard InChI is InChI=1S/C16H23N5O2S/c1-11(21-10-17-9-18-21)15(22)20-5-6-23-12(7-20)14-19-13(8-24-14)16(2,3)4/h8-12H,5-7H2,1-4H3/t11-,12+/m1/s1. The molecule has 0 aromatic carbocycles. The van der Waals surface area contributed by atoms with Gasteiger partial charge in [0.15, 0.2) is 0 Å². The van der Waals surface area contributed by atoms with E-state index in [0.717, 1.165) is 10.7 Å². The number of nitrogens with zero attached hydrogens (tertiary/aromatic N) is 5.